The van der Waals surface area contributed by atoms with Gasteiger partial charge in [-0.3, -0.25) is 14.5 Å². The van der Waals surface area contributed by atoms with E-state index in [0.717, 1.165) is 22.9 Å². The summed E-state index contributed by atoms with van der Waals surface area (Å²) in [7, 11) is 0. The molecular weight excluding hydrogens is 386 g/mol. The van der Waals surface area contributed by atoms with Crippen LogP contribution in [0.5, 0.6) is 0 Å². The first-order chi connectivity index (χ1) is 12.9. The summed E-state index contributed by atoms with van der Waals surface area (Å²) in [5.41, 5.74) is 2.26. The second kappa shape index (κ2) is 8.45. The summed E-state index contributed by atoms with van der Waals surface area (Å²) in [6.45, 7) is 2.09. The number of hydrogen-bond acceptors (Lipinski definition) is 4. The molecule has 0 bridgehead atoms. The number of carbonyl (C=O) groups excluding carboxylic acids is 3. The molecule has 0 radical (unpaired) electrons. The Morgan fingerprint density at radius 2 is 1.89 bits per heavy atom. The first-order valence-electron chi connectivity index (χ1n) is 8.32. The number of nitrogens with zero attached hydrogens (tertiary/aromatic N) is 1. The van der Waals surface area contributed by atoms with Gasteiger partial charge in [-0.25, -0.2) is 4.79 Å². The number of thioether (sulfide) groups is 1. The number of rotatable bonds is 5. The van der Waals surface area contributed by atoms with Crippen molar-refractivity contribution in [2.24, 2.45) is 0 Å². The number of carbonyl (C=O) groups is 3. The quantitative estimate of drug-likeness (QED) is 0.774. The van der Waals surface area contributed by atoms with Gasteiger partial charge in [0, 0.05) is 10.7 Å². The molecule has 2 aromatic carbocycles. The fraction of sp³-hybridized carbons (Fsp3) is 0.211. The lowest BCUT2D eigenvalue weighted by molar-refractivity contribution is -0.125. The normalized spacial score (nSPS) is 15.0. The molecule has 2 aromatic rings. The highest BCUT2D eigenvalue weighted by Gasteiger charge is 2.29. The molecule has 2 N–H and O–H groups in total. The molecule has 140 valence electrons. The Hall–Kier alpha value is -2.51. The number of urea groups is 1. The van der Waals surface area contributed by atoms with E-state index in [1.165, 1.54) is 4.90 Å². The van der Waals surface area contributed by atoms with Gasteiger partial charge in [0.25, 0.3) is 5.24 Å². The van der Waals surface area contributed by atoms with E-state index in [2.05, 4.69) is 10.6 Å². The van der Waals surface area contributed by atoms with Crippen molar-refractivity contribution >= 4 is 46.2 Å². The highest BCUT2D eigenvalue weighted by atomic mass is 35.5. The predicted molar refractivity (Wildman–Crippen MR) is 107 cm³/mol. The summed E-state index contributed by atoms with van der Waals surface area (Å²) < 4.78 is 0. The fourth-order valence-electron chi connectivity index (χ4n) is 2.68. The van der Waals surface area contributed by atoms with E-state index < -0.39 is 0 Å². The number of benzene rings is 2. The maximum atomic E-state index is 12.2. The smallest absolute Gasteiger partial charge is 0.319 e. The monoisotopic (exact) mass is 403 g/mol. The van der Waals surface area contributed by atoms with Gasteiger partial charge in [-0.05, 0) is 36.2 Å². The van der Waals surface area contributed by atoms with E-state index in [1.54, 1.807) is 30.3 Å². The van der Waals surface area contributed by atoms with Crippen LogP contribution >= 0.6 is 23.4 Å². The molecule has 1 atom stereocenters. The molecule has 6 nitrogen and oxygen atoms in total. The predicted octanol–water partition coefficient (Wildman–Crippen LogP) is 4.42. The Labute approximate surface area is 166 Å². The van der Waals surface area contributed by atoms with Crippen molar-refractivity contribution in [3.05, 3.63) is 64.7 Å². The molecule has 1 aliphatic heterocycles. The van der Waals surface area contributed by atoms with Crippen LogP contribution in [-0.2, 0) is 11.3 Å². The lowest BCUT2D eigenvalue weighted by Gasteiger charge is -2.16. The van der Waals surface area contributed by atoms with E-state index in [0.29, 0.717) is 10.7 Å². The Morgan fingerprint density at radius 3 is 2.52 bits per heavy atom. The Balaban J connectivity index is 1.56. The Bertz CT molecular complexity index is 857. The van der Waals surface area contributed by atoms with E-state index in [4.69, 9.17) is 11.6 Å². The summed E-state index contributed by atoms with van der Waals surface area (Å²) in [4.78, 5) is 36.7. The molecule has 4 amide bonds. The number of hydrogen-bond donors (Lipinski definition) is 2. The number of halogens is 1. The van der Waals surface area contributed by atoms with E-state index in [1.807, 2.05) is 25.1 Å². The van der Waals surface area contributed by atoms with Gasteiger partial charge in [0.15, 0.2) is 0 Å². The molecule has 0 saturated carbocycles. The minimum Gasteiger partial charge on any atom is -0.331 e. The van der Waals surface area contributed by atoms with Gasteiger partial charge in [-0.15, -0.1) is 0 Å². The van der Waals surface area contributed by atoms with Crippen LogP contribution in [-0.4, -0.2) is 27.8 Å². The minimum atomic E-state index is -0.350. The Kier molecular flexibility index (Phi) is 6.03. The van der Waals surface area contributed by atoms with Crippen molar-refractivity contribution < 1.29 is 14.4 Å². The number of anilines is 1. The van der Waals surface area contributed by atoms with Crippen LogP contribution in [0.4, 0.5) is 15.3 Å². The summed E-state index contributed by atoms with van der Waals surface area (Å²) in [5.74, 6) is 0.0163. The summed E-state index contributed by atoms with van der Waals surface area (Å²) >= 11 is 7.16. The third kappa shape index (κ3) is 4.81. The lowest BCUT2D eigenvalue weighted by atomic mass is 10.1. The van der Waals surface area contributed by atoms with Gasteiger partial charge in [-0.1, -0.05) is 53.7 Å². The second-order valence-corrected chi connectivity index (χ2v) is 7.41. The molecule has 0 aromatic heterocycles. The van der Waals surface area contributed by atoms with Crippen molar-refractivity contribution in [2.75, 3.05) is 11.1 Å². The number of imide groups is 1. The first-order valence-corrected chi connectivity index (χ1v) is 9.68. The molecule has 0 spiro atoms. The Morgan fingerprint density at radius 1 is 1.19 bits per heavy atom. The standard InChI is InChI=1S/C19H18ClN3O3S/c1-12(15-4-2-3-5-16(15)20)21-18(25)22-14-8-6-13(7-9-14)10-23-17(24)11-27-19(23)26/h2-9,12H,10-11H2,1H3,(H2,21,22,25). The molecule has 3 rings (SSSR count). The third-order valence-electron chi connectivity index (χ3n) is 4.11. The van der Waals surface area contributed by atoms with Crippen LogP contribution in [0.15, 0.2) is 48.5 Å². The average molecular weight is 404 g/mol. The number of nitrogens with one attached hydrogen (secondary N) is 2. The summed E-state index contributed by atoms with van der Waals surface area (Å²) in [6.07, 6.45) is 0. The zero-order valence-electron chi connectivity index (χ0n) is 14.6. The molecule has 27 heavy (non-hydrogen) atoms. The number of amides is 4. The minimum absolute atomic E-state index is 0.180. The largest absolute Gasteiger partial charge is 0.331 e. The van der Waals surface area contributed by atoms with Crippen molar-refractivity contribution in [2.45, 2.75) is 19.5 Å². The van der Waals surface area contributed by atoms with Crippen molar-refractivity contribution in [1.82, 2.24) is 10.2 Å². The first kappa shape index (κ1) is 19.3. The van der Waals surface area contributed by atoms with Crippen LogP contribution in [0, 0.1) is 0 Å². The van der Waals surface area contributed by atoms with Gasteiger partial charge in [-0.2, -0.15) is 0 Å². The van der Waals surface area contributed by atoms with E-state index in [-0.39, 0.29) is 35.5 Å². The van der Waals surface area contributed by atoms with Crippen molar-refractivity contribution in [3.63, 3.8) is 0 Å². The average Bonchev–Trinajstić information content (AvgIpc) is 2.95. The molecule has 8 heteroatoms. The molecule has 0 aliphatic carbocycles. The van der Waals surface area contributed by atoms with Crippen LogP contribution in [0.1, 0.15) is 24.1 Å². The van der Waals surface area contributed by atoms with Gasteiger partial charge in [0.2, 0.25) is 5.91 Å². The zero-order valence-corrected chi connectivity index (χ0v) is 16.1. The van der Waals surface area contributed by atoms with Crippen LogP contribution in [0.3, 0.4) is 0 Å². The van der Waals surface area contributed by atoms with Crippen LogP contribution in [0.2, 0.25) is 5.02 Å². The maximum Gasteiger partial charge on any atom is 0.319 e. The van der Waals surface area contributed by atoms with Gasteiger partial charge >= 0.3 is 6.03 Å². The fourth-order valence-corrected chi connectivity index (χ4v) is 3.70. The van der Waals surface area contributed by atoms with Crippen molar-refractivity contribution in [1.29, 1.82) is 0 Å². The van der Waals surface area contributed by atoms with E-state index >= 15 is 0 Å². The second-order valence-electron chi connectivity index (χ2n) is 6.07. The molecule has 1 fully saturated rings. The zero-order chi connectivity index (χ0) is 19.4. The highest BCUT2D eigenvalue weighted by Crippen LogP contribution is 2.23. The summed E-state index contributed by atoms with van der Waals surface area (Å²) in [5, 5.41) is 5.96. The molecule has 1 heterocycles. The lowest BCUT2D eigenvalue weighted by Crippen LogP contribution is -2.31. The summed E-state index contributed by atoms with van der Waals surface area (Å²) in [6, 6.07) is 13.8. The van der Waals surface area contributed by atoms with Gasteiger partial charge in [0.1, 0.15) is 0 Å². The van der Waals surface area contributed by atoms with E-state index in [9.17, 15) is 14.4 Å². The maximum absolute atomic E-state index is 12.2. The van der Waals surface area contributed by atoms with Crippen molar-refractivity contribution in [3.8, 4) is 0 Å². The molecule has 1 saturated heterocycles. The van der Waals surface area contributed by atoms with Gasteiger partial charge in [0.05, 0.1) is 18.3 Å². The molecule has 1 aliphatic rings. The highest BCUT2D eigenvalue weighted by molar-refractivity contribution is 8.14. The van der Waals surface area contributed by atoms with Crippen LogP contribution in [0.25, 0.3) is 0 Å². The SMILES string of the molecule is CC(NC(=O)Nc1ccc(CN2C(=O)CSC2=O)cc1)c1ccccc1Cl. The van der Waals surface area contributed by atoms with Crippen LogP contribution < -0.4 is 10.6 Å². The topological polar surface area (TPSA) is 78.5 Å². The molecule has 1 unspecified atom stereocenters. The molecular formula is C19H18ClN3O3S. The van der Waals surface area contributed by atoms with Gasteiger partial charge < -0.3 is 10.6 Å². The third-order valence-corrected chi connectivity index (χ3v) is 5.32.